The number of non-ortho nitro benzene ring substituents is 1. The average molecular weight is 420 g/mol. The quantitative estimate of drug-likeness (QED) is 0.420. The van der Waals surface area contributed by atoms with Crippen LogP contribution in [0.4, 0.5) is 11.4 Å². The largest absolute Gasteiger partial charge is 0.368 e. The van der Waals surface area contributed by atoms with E-state index in [2.05, 4.69) is 17.0 Å². The standard InChI is InChI=1S/C23H24N4O4/c1-16(2)26-22(28)20(17-8-10-19(11-9-17)27(30)31)21(23(26)29)25-14-12-24(13-15-25)18-6-4-3-5-7-18/h3-11,16H,12-15H2,1-2H3. The lowest BCUT2D eigenvalue weighted by Crippen LogP contribution is -2.48. The van der Waals surface area contributed by atoms with E-state index in [0.717, 1.165) is 18.8 Å². The molecule has 0 spiro atoms. The van der Waals surface area contributed by atoms with Crippen LogP contribution in [0.25, 0.3) is 5.57 Å². The van der Waals surface area contributed by atoms with Crippen LogP contribution in [0, 0.1) is 10.1 Å². The second-order valence-corrected chi connectivity index (χ2v) is 7.91. The summed E-state index contributed by atoms with van der Waals surface area (Å²) in [4.78, 5) is 42.5. The number of carbonyl (C=O) groups excluding carboxylic acids is 2. The molecule has 160 valence electrons. The third-order valence-electron chi connectivity index (χ3n) is 5.69. The lowest BCUT2D eigenvalue weighted by molar-refractivity contribution is -0.384. The molecule has 2 heterocycles. The Morgan fingerprint density at radius 1 is 0.839 bits per heavy atom. The Kier molecular flexibility index (Phi) is 5.46. The average Bonchev–Trinajstić information content (AvgIpc) is 3.04. The Bertz CT molecular complexity index is 1040. The second kappa shape index (κ2) is 8.22. The highest BCUT2D eigenvalue weighted by molar-refractivity contribution is 6.35. The van der Waals surface area contributed by atoms with E-state index in [1.165, 1.54) is 17.0 Å². The third-order valence-corrected chi connectivity index (χ3v) is 5.69. The van der Waals surface area contributed by atoms with Gasteiger partial charge in [-0.3, -0.25) is 24.6 Å². The van der Waals surface area contributed by atoms with E-state index in [1.54, 1.807) is 26.0 Å². The molecule has 2 aromatic rings. The summed E-state index contributed by atoms with van der Waals surface area (Å²) in [6, 6.07) is 15.6. The molecule has 2 aliphatic heterocycles. The topological polar surface area (TPSA) is 87.0 Å². The first-order valence-corrected chi connectivity index (χ1v) is 10.3. The van der Waals surface area contributed by atoms with Crippen molar-refractivity contribution in [3.63, 3.8) is 0 Å². The molecule has 1 fully saturated rings. The van der Waals surface area contributed by atoms with E-state index in [9.17, 15) is 19.7 Å². The summed E-state index contributed by atoms with van der Waals surface area (Å²) >= 11 is 0. The predicted octanol–water partition coefficient (Wildman–Crippen LogP) is 2.91. The van der Waals surface area contributed by atoms with Gasteiger partial charge in [0.2, 0.25) is 0 Å². The van der Waals surface area contributed by atoms with Crippen molar-refractivity contribution >= 4 is 28.8 Å². The van der Waals surface area contributed by atoms with E-state index < -0.39 is 4.92 Å². The zero-order valence-corrected chi connectivity index (χ0v) is 17.5. The highest BCUT2D eigenvalue weighted by Crippen LogP contribution is 2.34. The summed E-state index contributed by atoms with van der Waals surface area (Å²) in [5.74, 6) is -0.657. The van der Waals surface area contributed by atoms with Crippen LogP contribution in [-0.4, -0.2) is 58.8 Å². The van der Waals surface area contributed by atoms with Gasteiger partial charge in [-0.25, -0.2) is 0 Å². The van der Waals surface area contributed by atoms with Gasteiger partial charge < -0.3 is 9.80 Å². The highest BCUT2D eigenvalue weighted by atomic mass is 16.6. The van der Waals surface area contributed by atoms with E-state index in [-0.39, 0.29) is 23.5 Å². The number of amides is 2. The van der Waals surface area contributed by atoms with E-state index in [0.29, 0.717) is 29.9 Å². The number of nitro benzene ring substituents is 1. The molecule has 0 aromatic heterocycles. The van der Waals surface area contributed by atoms with Gasteiger partial charge in [0, 0.05) is 50.0 Å². The number of imide groups is 1. The molecule has 2 aromatic carbocycles. The van der Waals surface area contributed by atoms with Crippen molar-refractivity contribution in [1.29, 1.82) is 0 Å². The van der Waals surface area contributed by atoms with Crippen LogP contribution in [0.3, 0.4) is 0 Å². The minimum absolute atomic E-state index is 0.0557. The molecule has 0 saturated carbocycles. The fraction of sp³-hybridized carbons (Fsp3) is 0.304. The van der Waals surface area contributed by atoms with Crippen LogP contribution in [-0.2, 0) is 9.59 Å². The van der Waals surface area contributed by atoms with Crippen LogP contribution in [0.2, 0.25) is 0 Å². The zero-order chi connectivity index (χ0) is 22.1. The number of anilines is 1. The maximum absolute atomic E-state index is 13.3. The number of rotatable bonds is 5. The molecule has 8 nitrogen and oxygen atoms in total. The maximum Gasteiger partial charge on any atom is 0.278 e. The van der Waals surface area contributed by atoms with Gasteiger partial charge in [0.1, 0.15) is 5.70 Å². The monoisotopic (exact) mass is 420 g/mol. The van der Waals surface area contributed by atoms with Crippen LogP contribution < -0.4 is 4.90 Å². The molecule has 0 N–H and O–H groups in total. The van der Waals surface area contributed by atoms with Crippen molar-refractivity contribution in [2.24, 2.45) is 0 Å². The van der Waals surface area contributed by atoms with Crippen molar-refractivity contribution in [3.8, 4) is 0 Å². The first kappa shape index (κ1) is 20.6. The number of carbonyl (C=O) groups is 2. The Labute approximate surface area is 180 Å². The fourth-order valence-electron chi connectivity index (χ4n) is 4.13. The molecule has 0 atom stereocenters. The SMILES string of the molecule is CC(C)N1C(=O)C(c2ccc([N+](=O)[O-])cc2)=C(N2CCN(c3ccccc3)CC2)C1=O. The maximum atomic E-state index is 13.3. The molecular weight excluding hydrogens is 396 g/mol. The summed E-state index contributed by atoms with van der Waals surface area (Å²) in [6.45, 7) is 6.27. The first-order chi connectivity index (χ1) is 14.9. The summed E-state index contributed by atoms with van der Waals surface area (Å²) in [5, 5.41) is 11.0. The van der Waals surface area contributed by atoms with Crippen LogP contribution in [0.15, 0.2) is 60.3 Å². The van der Waals surface area contributed by atoms with Gasteiger partial charge in [-0.15, -0.1) is 0 Å². The van der Waals surface area contributed by atoms with Crippen LogP contribution in [0.5, 0.6) is 0 Å². The van der Waals surface area contributed by atoms with Gasteiger partial charge >= 0.3 is 0 Å². The zero-order valence-electron chi connectivity index (χ0n) is 17.5. The molecule has 4 rings (SSSR count). The first-order valence-electron chi connectivity index (χ1n) is 10.3. The van der Waals surface area contributed by atoms with Crippen molar-refractivity contribution in [2.45, 2.75) is 19.9 Å². The molecule has 0 aliphatic carbocycles. The molecule has 8 heteroatoms. The minimum atomic E-state index is -0.482. The Morgan fingerprint density at radius 3 is 1.97 bits per heavy atom. The highest BCUT2D eigenvalue weighted by Gasteiger charge is 2.43. The Morgan fingerprint density at radius 2 is 1.42 bits per heavy atom. The predicted molar refractivity (Wildman–Crippen MR) is 117 cm³/mol. The van der Waals surface area contributed by atoms with Gasteiger partial charge in [0.05, 0.1) is 10.5 Å². The fourth-order valence-corrected chi connectivity index (χ4v) is 4.13. The normalized spacial score (nSPS) is 17.2. The van der Waals surface area contributed by atoms with E-state index in [4.69, 9.17) is 0 Å². The molecule has 2 amide bonds. The van der Waals surface area contributed by atoms with Gasteiger partial charge in [-0.1, -0.05) is 18.2 Å². The lowest BCUT2D eigenvalue weighted by atomic mass is 10.0. The number of nitrogens with zero attached hydrogens (tertiary/aromatic N) is 4. The molecule has 31 heavy (non-hydrogen) atoms. The summed E-state index contributed by atoms with van der Waals surface area (Å²) in [5.41, 5.74) is 2.30. The smallest absolute Gasteiger partial charge is 0.278 e. The molecular formula is C23H24N4O4. The second-order valence-electron chi connectivity index (χ2n) is 7.91. The Balaban J connectivity index is 1.66. The van der Waals surface area contributed by atoms with Crippen LogP contribution in [0.1, 0.15) is 19.4 Å². The van der Waals surface area contributed by atoms with Crippen LogP contribution >= 0.6 is 0 Å². The molecule has 2 aliphatic rings. The van der Waals surface area contributed by atoms with Gasteiger partial charge in [-0.2, -0.15) is 0 Å². The molecule has 0 radical (unpaired) electrons. The van der Waals surface area contributed by atoms with E-state index in [1.807, 2.05) is 23.1 Å². The molecule has 0 unspecified atom stereocenters. The van der Waals surface area contributed by atoms with Crippen molar-refractivity contribution in [3.05, 3.63) is 76.0 Å². The van der Waals surface area contributed by atoms with Crippen molar-refractivity contribution < 1.29 is 14.5 Å². The number of hydrogen-bond acceptors (Lipinski definition) is 6. The minimum Gasteiger partial charge on any atom is -0.368 e. The van der Waals surface area contributed by atoms with E-state index >= 15 is 0 Å². The van der Waals surface area contributed by atoms with Gasteiger partial charge in [-0.05, 0) is 43.7 Å². The van der Waals surface area contributed by atoms with Gasteiger partial charge in [0.25, 0.3) is 17.5 Å². The Hall–Kier alpha value is -3.68. The third kappa shape index (κ3) is 3.76. The van der Waals surface area contributed by atoms with Gasteiger partial charge in [0.15, 0.2) is 0 Å². The number of nitro groups is 1. The lowest BCUT2D eigenvalue weighted by Gasteiger charge is -2.37. The number of benzene rings is 2. The number of hydrogen-bond donors (Lipinski definition) is 0. The summed E-state index contributed by atoms with van der Waals surface area (Å²) in [7, 11) is 0. The molecule has 1 saturated heterocycles. The van der Waals surface area contributed by atoms with Crippen molar-refractivity contribution in [2.75, 3.05) is 31.1 Å². The summed E-state index contributed by atoms with van der Waals surface area (Å²) in [6.07, 6.45) is 0. The van der Waals surface area contributed by atoms with Crippen molar-refractivity contribution in [1.82, 2.24) is 9.80 Å². The summed E-state index contributed by atoms with van der Waals surface area (Å²) < 4.78 is 0. The number of piperazine rings is 1. The number of para-hydroxylation sites is 1. The molecule has 0 bridgehead atoms.